The van der Waals surface area contributed by atoms with Crippen molar-refractivity contribution in [3.63, 3.8) is 0 Å². The van der Waals surface area contributed by atoms with Gasteiger partial charge in [0.1, 0.15) is 11.9 Å². The molecule has 0 fully saturated rings. The number of carbonyl (C=O) groups is 1. The van der Waals surface area contributed by atoms with E-state index >= 15 is 0 Å². The van der Waals surface area contributed by atoms with E-state index in [4.69, 9.17) is 11.6 Å². The molecule has 0 spiro atoms. The third kappa shape index (κ3) is 2.94. The lowest BCUT2D eigenvalue weighted by Crippen LogP contribution is -2.36. The van der Waals surface area contributed by atoms with Crippen molar-refractivity contribution in [1.82, 2.24) is 19.9 Å². The summed E-state index contributed by atoms with van der Waals surface area (Å²) in [6.07, 6.45) is 5.51. The highest BCUT2D eigenvalue weighted by atomic mass is 35.5. The van der Waals surface area contributed by atoms with Gasteiger partial charge in [0, 0.05) is 23.3 Å². The molecule has 0 bridgehead atoms. The van der Waals surface area contributed by atoms with Crippen molar-refractivity contribution < 1.29 is 9.18 Å². The maximum atomic E-state index is 14.0. The van der Waals surface area contributed by atoms with Crippen molar-refractivity contribution in [3.8, 4) is 11.4 Å². The van der Waals surface area contributed by atoms with E-state index in [1.807, 2.05) is 6.92 Å². The normalized spacial score (nSPS) is 13.7. The highest BCUT2D eigenvalue weighted by Crippen LogP contribution is 2.28. The molecule has 1 unspecified atom stereocenters. The summed E-state index contributed by atoms with van der Waals surface area (Å²) in [6.45, 7) is 3.51. The number of pyridine rings is 1. The molecule has 3 aromatic heterocycles. The Morgan fingerprint density at radius 3 is 2.92 bits per heavy atom. The van der Waals surface area contributed by atoms with E-state index in [1.165, 1.54) is 6.20 Å². The molecule has 3 aromatic rings. The molecule has 0 aliphatic carbocycles. The molecule has 3 heterocycles. The Bertz CT molecular complexity index is 913. The molecule has 8 heteroatoms. The first-order chi connectivity index (χ1) is 11.5. The first-order valence-corrected chi connectivity index (χ1v) is 7.73. The number of aromatic amines is 1. The maximum Gasteiger partial charge on any atom is 0.183 e. The molecule has 0 aliphatic heterocycles. The number of nitrogens with zero attached hydrogens (tertiary/aromatic N) is 3. The molecule has 3 rings (SSSR count). The first kappa shape index (κ1) is 16.3. The maximum absolute atomic E-state index is 14.0. The summed E-state index contributed by atoms with van der Waals surface area (Å²) in [7, 11) is 0. The standard InChI is InChI=1S/C16H15ClFN5O/c1-3-16(2,8-24)23-15-12(18)7-21-14(22-15)11-6-20-13-10(11)4-9(17)5-19-13/h4-8H,3H2,1-2H3,(H,19,20)(H,21,22,23). The summed E-state index contributed by atoms with van der Waals surface area (Å²) in [6, 6.07) is 1.73. The number of halogens is 2. The zero-order valence-corrected chi connectivity index (χ0v) is 13.9. The van der Waals surface area contributed by atoms with Crippen molar-refractivity contribution in [1.29, 1.82) is 0 Å². The fraction of sp³-hybridized carbons (Fsp3) is 0.250. The lowest BCUT2D eigenvalue weighted by molar-refractivity contribution is -0.111. The highest BCUT2D eigenvalue weighted by molar-refractivity contribution is 6.31. The SMILES string of the molecule is CCC(C)(C=O)Nc1nc(-c2c[nH]c3ncc(Cl)cc23)ncc1F. The van der Waals surface area contributed by atoms with E-state index < -0.39 is 11.4 Å². The summed E-state index contributed by atoms with van der Waals surface area (Å²) < 4.78 is 14.0. The predicted molar refractivity (Wildman–Crippen MR) is 90.5 cm³/mol. The number of rotatable bonds is 5. The molecule has 2 N–H and O–H groups in total. The van der Waals surface area contributed by atoms with Crippen molar-refractivity contribution in [2.45, 2.75) is 25.8 Å². The quantitative estimate of drug-likeness (QED) is 0.689. The lowest BCUT2D eigenvalue weighted by Gasteiger charge is -2.23. The second kappa shape index (κ2) is 6.16. The van der Waals surface area contributed by atoms with Crippen molar-refractivity contribution in [2.24, 2.45) is 0 Å². The van der Waals surface area contributed by atoms with Crippen LogP contribution in [0.25, 0.3) is 22.4 Å². The van der Waals surface area contributed by atoms with Crippen LogP contribution >= 0.6 is 11.6 Å². The van der Waals surface area contributed by atoms with Gasteiger partial charge in [0.05, 0.1) is 16.8 Å². The van der Waals surface area contributed by atoms with Gasteiger partial charge in [-0.2, -0.15) is 0 Å². The number of fused-ring (bicyclic) bond motifs is 1. The first-order valence-electron chi connectivity index (χ1n) is 7.36. The van der Waals surface area contributed by atoms with E-state index in [-0.39, 0.29) is 5.82 Å². The summed E-state index contributed by atoms with van der Waals surface area (Å²) in [4.78, 5) is 26.7. The Kier molecular flexibility index (Phi) is 4.19. The van der Waals surface area contributed by atoms with Crippen LogP contribution in [0, 0.1) is 5.82 Å². The van der Waals surface area contributed by atoms with Gasteiger partial charge in [-0.25, -0.2) is 19.3 Å². The zero-order chi connectivity index (χ0) is 17.3. The summed E-state index contributed by atoms with van der Waals surface area (Å²) in [5.74, 6) is -0.351. The summed E-state index contributed by atoms with van der Waals surface area (Å²) in [5, 5.41) is 4.04. The van der Waals surface area contributed by atoms with Gasteiger partial charge >= 0.3 is 0 Å². The minimum absolute atomic E-state index is 0.0270. The van der Waals surface area contributed by atoms with E-state index in [9.17, 15) is 9.18 Å². The molecule has 0 radical (unpaired) electrons. The molecule has 0 aromatic carbocycles. The van der Waals surface area contributed by atoms with Crippen molar-refractivity contribution >= 4 is 34.7 Å². The minimum Gasteiger partial charge on any atom is -0.356 e. The monoisotopic (exact) mass is 347 g/mol. The molecule has 1 atom stereocenters. The van der Waals surface area contributed by atoms with Gasteiger partial charge in [0.15, 0.2) is 17.5 Å². The third-order valence-electron chi connectivity index (χ3n) is 3.88. The smallest absolute Gasteiger partial charge is 0.183 e. The van der Waals surface area contributed by atoms with Crippen LogP contribution in [0.5, 0.6) is 0 Å². The summed E-state index contributed by atoms with van der Waals surface area (Å²) in [5.41, 5.74) is 0.368. The highest BCUT2D eigenvalue weighted by Gasteiger charge is 2.23. The molecule has 6 nitrogen and oxygen atoms in total. The molecular weight excluding hydrogens is 333 g/mol. The number of hydrogen-bond acceptors (Lipinski definition) is 5. The van der Waals surface area contributed by atoms with Crippen LogP contribution in [0.2, 0.25) is 5.02 Å². The van der Waals surface area contributed by atoms with Gasteiger partial charge in [-0.3, -0.25) is 0 Å². The Hall–Kier alpha value is -2.54. The number of nitrogens with one attached hydrogen (secondary N) is 2. The minimum atomic E-state index is -0.905. The van der Waals surface area contributed by atoms with Crippen LogP contribution in [-0.4, -0.2) is 31.8 Å². The van der Waals surface area contributed by atoms with Gasteiger partial charge in [-0.15, -0.1) is 0 Å². The van der Waals surface area contributed by atoms with Crippen LogP contribution in [0.1, 0.15) is 20.3 Å². The van der Waals surface area contributed by atoms with Gasteiger partial charge in [0.25, 0.3) is 0 Å². The van der Waals surface area contributed by atoms with E-state index in [0.717, 1.165) is 17.9 Å². The van der Waals surface area contributed by atoms with Crippen LogP contribution in [0.3, 0.4) is 0 Å². The molecule has 0 saturated carbocycles. The zero-order valence-electron chi connectivity index (χ0n) is 13.1. The Labute approximate surface area is 142 Å². The van der Waals surface area contributed by atoms with Gasteiger partial charge in [-0.05, 0) is 19.4 Å². The van der Waals surface area contributed by atoms with E-state index in [2.05, 4.69) is 25.3 Å². The van der Waals surface area contributed by atoms with E-state index in [1.54, 1.807) is 19.2 Å². The molecule has 24 heavy (non-hydrogen) atoms. The number of anilines is 1. The Morgan fingerprint density at radius 2 is 2.21 bits per heavy atom. The van der Waals surface area contributed by atoms with Gasteiger partial charge in [0.2, 0.25) is 0 Å². The third-order valence-corrected chi connectivity index (χ3v) is 4.09. The van der Waals surface area contributed by atoms with Crippen molar-refractivity contribution in [2.75, 3.05) is 5.32 Å². The number of hydrogen-bond donors (Lipinski definition) is 2. The molecule has 124 valence electrons. The number of aldehydes is 1. The Balaban J connectivity index is 2.07. The number of H-pyrrole nitrogens is 1. The molecule has 0 aliphatic rings. The fourth-order valence-electron chi connectivity index (χ4n) is 2.22. The topological polar surface area (TPSA) is 83.6 Å². The van der Waals surface area contributed by atoms with E-state index in [0.29, 0.717) is 28.5 Å². The van der Waals surface area contributed by atoms with Crippen LogP contribution in [0.15, 0.2) is 24.7 Å². The second-order valence-electron chi connectivity index (χ2n) is 5.66. The largest absolute Gasteiger partial charge is 0.356 e. The summed E-state index contributed by atoms with van der Waals surface area (Å²) >= 11 is 5.99. The van der Waals surface area contributed by atoms with Gasteiger partial charge in [-0.1, -0.05) is 18.5 Å². The fourth-order valence-corrected chi connectivity index (χ4v) is 2.38. The molecular formula is C16H15ClFN5O. The average Bonchev–Trinajstić information content (AvgIpc) is 2.99. The number of aromatic nitrogens is 4. The lowest BCUT2D eigenvalue weighted by atomic mass is 10.0. The number of carbonyl (C=O) groups excluding carboxylic acids is 1. The van der Waals surface area contributed by atoms with Crippen LogP contribution < -0.4 is 5.32 Å². The second-order valence-corrected chi connectivity index (χ2v) is 6.09. The van der Waals surface area contributed by atoms with Crippen molar-refractivity contribution in [3.05, 3.63) is 35.5 Å². The van der Waals surface area contributed by atoms with Crippen LogP contribution in [0.4, 0.5) is 10.2 Å². The molecule has 0 amide bonds. The van der Waals surface area contributed by atoms with Gasteiger partial charge < -0.3 is 15.1 Å². The Morgan fingerprint density at radius 1 is 1.42 bits per heavy atom. The average molecular weight is 348 g/mol. The predicted octanol–water partition coefficient (Wildman–Crippen LogP) is 3.59. The van der Waals surface area contributed by atoms with Crippen LogP contribution in [-0.2, 0) is 4.79 Å². The molecule has 0 saturated heterocycles.